The van der Waals surface area contributed by atoms with Gasteiger partial charge in [-0.1, -0.05) is 29.3 Å². The molecular formula is C11H11Cl2NO. The molecule has 2 rings (SSSR count). The van der Waals surface area contributed by atoms with Gasteiger partial charge in [0.15, 0.2) is 0 Å². The lowest BCUT2D eigenvalue weighted by molar-refractivity contribution is -0.122. The van der Waals surface area contributed by atoms with Gasteiger partial charge in [-0.05, 0) is 30.5 Å². The van der Waals surface area contributed by atoms with E-state index in [1.165, 1.54) is 0 Å². The molecule has 1 unspecified atom stereocenters. The first-order valence-corrected chi connectivity index (χ1v) is 5.64. The molecule has 1 N–H and O–H groups in total. The van der Waals surface area contributed by atoms with Crippen LogP contribution in [0.25, 0.3) is 0 Å². The SMILES string of the molecule is O=C1NCCC1Cc1ccc(Cl)c(Cl)c1. The van der Waals surface area contributed by atoms with Crippen molar-refractivity contribution in [1.82, 2.24) is 5.32 Å². The lowest BCUT2D eigenvalue weighted by atomic mass is 9.98. The average molecular weight is 244 g/mol. The fourth-order valence-electron chi connectivity index (χ4n) is 1.79. The Morgan fingerprint density at radius 3 is 2.73 bits per heavy atom. The average Bonchev–Trinajstić information content (AvgIpc) is 2.59. The maximum atomic E-state index is 11.4. The highest BCUT2D eigenvalue weighted by atomic mass is 35.5. The standard InChI is InChI=1S/C11H11Cl2NO/c12-9-2-1-7(6-10(9)13)5-8-3-4-14-11(8)15/h1-2,6,8H,3-5H2,(H,14,15). The third-order valence-electron chi connectivity index (χ3n) is 2.63. The van der Waals surface area contributed by atoms with Gasteiger partial charge < -0.3 is 5.32 Å². The fraction of sp³-hybridized carbons (Fsp3) is 0.364. The Hall–Kier alpha value is -0.730. The van der Waals surface area contributed by atoms with Crippen molar-refractivity contribution < 1.29 is 4.79 Å². The summed E-state index contributed by atoms with van der Waals surface area (Å²) < 4.78 is 0. The quantitative estimate of drug-likeness (QED) is 0.851. The predicted molar refractivity (Wildman–Crippen MR) is 61.3 cm³/mol. The van der Waals surface area contributed by atoms with Crippen LogP contribution in [0.1, 0.15) is 12.0 Å². The molecule has 1 saturated heterocycles. The molecule has 1 aromatic carbocycles. The molecule has 1 atom stereocenters. The Bertz CT molecular complexity index is 392. The predicted octanol–water partition coefficient (Wildman–Crippen LogP) is 2.67. The molecule has 0 saturated carbocycles. The van der Waals surface area contributed by atoms with Crippen LogP contribution in [-0.4, -0.2) is 12.5 Å². The minimum Gasteiger partial charge on any atom is -0.356 e. The van der Waals surface area contributed by atoms with Crippen LogP contribution in [0.15, 0.2) is 18.2 Å². The van der Waals surface area contributed by atoms with E-state index in [2.05, 4.69) is 5.32 Å². The number of amides is 1. The van der Waals surface area contributed by atoms with Gasteiger partial charge in [0.1, 0.15) is 0 Å². The first-order valence-electron chi connectivity index (χ1n) is 4.88. The van der Waals surface area contributed by atoms with E-state index < -0.39 is 0 Å². The number of hydrogen-bond donors (Lipinski definition) is 1. The van der Waals surface area contributed by atoms with E-state index >= 15 is 0 Å². The number of hydrogen-bond acceptors (Lipinski definition) is 1. The smallest absolute Gasteiger partial charge is 0.223 e. The van der Waals surface area contributed by atoms with Crippen LogP contribution in [0.4, 0.5) is 0 Å². The van der Waals surface area contributed by atoms with Crippen molar-refractivity contribution in [3.05, 3.63) is 33.8 Å². The van der Waals surface area contributed by atoms with E-state index in [1.807, 2.05) is 12.1 Å². The Balaban J connectivity index is 2.10. The number of rotatable bonds is 2. The molecule has 1 aliphatic rings. The molecule has 1 fully saturated rings. The van der Waals surface area contributed by atoms with Crippen LogP contribution >= 0.6 is 23.2 Å². The number of nitrogens with one attached hydrogen (secondary N) is 1. The van der Waals surface area contributed by atoms with Gasteiger partial charge in [-0.2, -0.15) is 0 Å². The van der Waals surface area contributed by atoms with Crippen LogP contribution < -0.4 is 5.32 Å². The Morgan fingerprint density at radius 1 is 1.33 bits per heavy atom. The maximum Gasteiger partial charge on any atom is 0.223 e. The normalized spacial score (nSPS) is 20.4. The van der Waals surface area contributed by atoms with Crippen molar-refractivity contribution in [2.45, 2.75) is 12.8 Å². The minimum absolute atomic E-state index is 0.0854. The molecule has 2 nitrogen and oxygen atoms in total. The van der Waals surface area contributed by atoms with Crippen molar-refractivity contribution in [2.24, 2.45) is 5.92 Å². The number of benzene rings is 1. The highest BCUT2D eigenvalue weighted by Gasteiger charge is 2.24. The van der Waals surface area contributed by atoms with Crippen molar-refractivity contribution in [2.75, 3.05) is 6.54 Å². The van der Waals surface area contributed by atoms with Crippen LogP contribution in [0.5, 0.6) is 0 Å². The second-order valence-electron chi connectivity index (χ2n) is 3.73. The molecule has 80 valence electrons. The summed E-state index contributed by atoms with van der Waals surface area (Å²) in [5.74, 6) is 0.225. The molecule has 15 heavy (non-hydrogen) atoms. The zero-order valence-corrected chi connectivity index (χ0v) is 9.61. The molecule has 1 amide bonds. The monoisotopic (exact) mass is 243 g/mol. The summed E-state index contributed by atoms with van der Waals surface area (Å²) >= 11 is 11.7. The summed E-state index contributed by atoms with van der Waals surface area (Å²) in [7, 11) is 0. The summed E-state index contributed by atoms with van der Waals surface area (Å²) in [5, 5.41) is 3.92. The second-order valence-corrected chi connectivity index (χ2v) is 4.54. The van der Waals surface area contributed by atoms with E-state index in [0.717, 1.165) is 24.9 Å². The highest BCUT2D eigenvalue weighted by Crippen LogP contribution is 2.25. The van der Waals surface area contributed by atoms with Gasteiger partial charge in [0.05, 0.1) is 10.0 Å². The first kappa shape index (κ1) is 10.8. The Kier molecular flexibility index (Phi) is 3.17. The lowest BCUT2D eigenvalue weighted by Crippen LogP contribution is -2.20. The molecule has 1 aromatic rings. The second kappa shape index (κ2) is 4.42. The largest absolute Gasteiger partial charge is 0.356 e. The van der Waals surface area contributed by atoms with E-state index in [0.29, 0.717) is 10.0 Å². The molecule has 4 heteroatoms. The molecule has 0 spiro atoms. The molecule has 1 heterocycles. The van der Waals surface area contributed by atoms with Gasteiger partial charge in [-0.15, -0.1) is 0 Å². The van der Waals surface area contributed by atoms with Crippen molar-refractivity contribution in [3.8, 4) is 0 Å². The molecule has 0 bridgehead atoms. The van der Waals surface area contributed by atoms with E-state index in [9.17, 15) is 4.79 Å². The van der Waals surface area contributed by atoms with E-state index in [-0.39, 0.29) is 11.8 Å². The van der Waals surface area contributed by atoms with Gasteiger partial charge in [0, 0.05) is 12.5 Å². The van der Waals surface area contributed by atoms with Crippen molar-refractivity contribution in [3.63, 3.8) is 0 Å². The molecule has 0 aromatic heterocycles. The Labute approximate surface area is 98.6 Å². The molecular weight excluding hydrogens is 233 g/mol. The summed E-state index contributed by atoms with van der Waals surface area (Å²) in [5.41, 5.74) is 1.06. The zero-order valence-electron chi connectivity index (χ0n) is 8.09. The van der Waals surface area contributed by atoms with Gasteiger partial charge in [-0.3, -0.25) is 4.79 Å². The lowest BCUT2D eigenvalue weighted by Gasteiger charge is -2.07. The van der Waals surface area contributed by atoms with Gasteiger partial charge in [-0.25, -0.2) is 0 Å². The van der Waals surface area contributed by atoms with Crippen LogP contribution in [0.2, 0.25) is 10.0 Å². The van der Waals surface area contributed by atoms with Gasteiger partial charge in [0.25, 0.3) is 0 Å². The van der Waals surface area contributed by atoms with E-state index in [1.54, 1.807) is 6.07 Å². The topological polar surface area (TPSA) is 29.1 Å². The van der Waals surface area contributed by atoms with Gasteiger partial charge >= 0.3 is 0 Å². The van der Waals surface area contributed by atoms with Crippen molar-refractivity contribution >= 4 is 29.1 Å². The molecule has 0 radical (unpaired) electrons. The van der Waals surface area contributed by atoms with Crippen LogP contribution in [0.3, 0.4) is 0 Å². The molecule has 0 aliphatic carbocycles. The number of carbonyl (C=O) groups excluding carboxylic acids is 1. The number of halogens is 2. The summed E-state index contributed by atoms with van der Waals surface area (Å²) in [6, 6.07) is 5.52. The third kappa shape index (κ3) is 2.44. The van der Waals surface area contributed by atoms with Crippen LogP contribution in [-0.2, 0) is 11.2 Å². The first-order chi connectivity index (χ1) is 7.16. The van der Waals surface area contributed by atoms with Crippen LogP contribution in [0, 0.1) is 5.92 Å². The third-order valence-corrected chi connectivity index (χ3v) is 3.37. The fourth-order valence-corrected chi connectivity index (χ4v) is 2.11. The van der Waals surface area contributed by atoms with Gasteiger partial charge in [0.2, 0.25) is 5.91 Å². The summed E-state index contributed by atoms with van der Waals surface area (Å²) in [4.78, 5) is 11.4. The molecule has 1 aliphatic heterocycles. The summed E-state index contributed by atoms with van der Waals surface area (Å²) in [6.07, 6.45) is 1.64. The highest BCUT2D eigenvalue weighted by molar-refractivity contribution is 6.42. The summed E-state index contributed by atoms with van der Waals surface area (Å²) in [6.45, 7) is 0.783. The van der Waals surface area contributed by atoms with E-state index in [4.69, 9.17) is 23.2 Å². The van der Waals surface area contributed by atoms with Crippen molar-refractivity contribution in [1.29, 1.82) is 0 Å². The maximum absolute atomic E-state index is 11.4. The zero-order chi connectivity index (χ0) is 10.8. The number of carbonyl (C=O) groups is 1. The Morgan fingerprint density at radius 2 is 2.13 bits per heavy atom. The minimum atomic E-state index is 0.0854.